The standard InChI is InChI=1S/C17H24N2O3S/c1-16(2,3)23-14-9-19-7-6-18-15(19)8-13(14)20-10-12-11-21-17(4,5)22-12/h6-9,12H,10-11H2,1-5H3. The SMILES string of the molecule is CC1(C)OCC(COc2cc3nccn3cc2SC(C)(C)C)O1. The topological polar surface area (TPSA) is 45.0 Å². The third kappa shape index (κ3) is 4.19. The second-order valence-corrected chi connectivity index (χ2v) is 9.04. The van der Waals surface area contributed by atoms with Gasteiger partial charge in [-0.05, 0) is 13.8 Å². The van der Waals surface area contributed by atoms with Gasteiger partial charge in [0.2, 0.25) is 0 Å². The summed E-state index contributed by atoms with van der Waals surface area (Å²) in [6.45, 7) is 11.4. The highest BCUT2D eigenvalue weighted by Crippen LogP contribution is 2.38. The fraction of sp³-hybridized carbons (Fsp3) is 0.588. The van der Waals surface area contributed by atoms with Crippen molar-refractivity contribution in [1.82, 2.24) is 9.38 Å². The van der Waals surface area contributed by atoms with Crippen LogP contribution in [-0.2, 0) is 9.47 Å². The van der Waals surface area contributed by atoms with Crippen LogP contribution in [0.2, 0.25) is 0 Å². The molecule has 6 heteroatoms. The second kappa shape index (κ2) is 6.00. The van der Waals surface area contributed by atoms with Crippen LogP contribution in [0.5, 0.6) is 5.75 Å². The van der Waals surface area contributed by atoms with Gasteiger partial charge in [0.25, 0.3) is 0 Å². The lowest BCUT2D eigenvalue weighted by Crippen LogP contribution is -2.25. The molecule has 0 bridgehead atoms. The zero-order valence-corrected chi connectivity index (χ0v) is 15.1. The minimum absolute atomic E-state index is 0.0477. The lowest BCUT2D eigenvalue weighted by molar-refractivity contribution is -0.141. The summed E-state index contributed by atoms with van der Waals surface area (Å²) in [4.78, 5) is 5.44. The molecule has 5 nitrogen and oxygen atoms in total. The third-order valence-corrected chi connectivity index (χ3v) is 4.51. The molecule has 1 unspecified atom stereocenters. The molecule has 3 heterocycles. The van der Waals surface area contributed by atoms with E-state index in [1.54, 1.807) is 18.0 Å². The van der Waals surface area contributed by atoms with Gasteiger partial charge in [0.05, 0.1) is 11.5 Å². The second-order valence-electron chi connectivity index (χ2n) is 7.17. The average molecular weight is 336 g/mol. The molecule has 1 aliphatic heterocycles. The minimum Gasteiger partial charge on any atom is -0.489 e. The zero-order chi connectivity index (χ0) is 16.7. The van der Waals surface area contributed by atoms with Gasteiger partial charge in [-0.25, -0.2) is 4.98 Å². The molecule has 0 radical (unpaired) electrons. The Kier molecular flexibility index (Phi) is 4.33. The van der Waals surface area contributed by atoms with Gasteiger partial charge < -0.3 is 18.6 Å². The van der Waals surface area contributed by atoms with Crippen molar-refractivity contribution in [3.05, 3.63) is 24.7 Å². The molecule has 126 valence electrons. The van der Waals surface area contributed by atoms with Crippen molar-refractivity contribution in [2.75, 3.05) is 13.2 Å². The molecule has 0 saturated carbocycles. The summed E-state index contributed by atoms with van der Waals surface area (Å²) < 4.78 is 19.6. The van der Waals surface area contributed by atoms with Gasteiger partial charge in [-0.1, -0.05) is 20.8 Å². The molecule has 2 aromatic rings. The highest BCUT2D eigenvalue weighted by molar-refractivity contribution is 8.00. The van der Waals surface area contributed by atoms with Crippen molar-refractivity contribution in [3.63, 3.8) is 0 Å². The number of pyridine rings is 1. The van der Waals surface area contributed by atoms with Crippen LogP contribution in [0, 0.1) is 0 Å². The first-order valence-electron chi connectivity index (χ1n) is 7.82. The number of hydrogen-bond acceptors (Lipinski definition) is 5. The maximum absolute atomic E-state index is 6.06. The van der Waals surface area contributed by atoms with Crippen LogP contribution >= 0.6 is 11.8 Å². The molecule has 23 heavy (non-hydrogen) atoms. The van der Waals surface area contributed by atoms with Gasteiger partial charge in [-0.2, -0.15) is 0 Å². The average Bonchev–Trinajstić information content (AvgIpc) is 3.00. The van der Waals surface area contributed by atoms with E-state index < -0.39 is 5.79 Å². The Bertz CT molecular complexity index is 691. The first kappa shape index (κ1) is 16.6. The molecule has 0 aromatic carbocycles. The van der Waals surface area contributed by atoms with E-state index in [0.717, 1.165) is 16.3 Å². The number of thioether (sulfide) groups is 1. The van der Waals surface area contributed by atoms with E-state index in [0.29, 0.717) is 13.2 Å². The van der Waals surface area contributed by atoms with Crippen molar-refractivity contribution >= 4 is 17.4 Å². The molecule has 2 aromatic heterocycles. The Morgan fingerprint density at radius 2 is 2.22 bits per heavy atom. The van der Waals surface area contributed by atoms with Crippen LogP contribution in [0.25, 0.3) is 5.65 Å². The van der Waals surface area contributed by atoms with Gasteiger partial charge >= 0.3 is 0 Å². The number of aromatic nitrogens is 2. The van der Waals surface area contributed by atoms with E-state index in [2.05, 4.69) is 32.0 Å². The van der Waals surface area contributed by atoms with Crippen molar-refractivity contribution in [2.24, 2.45) is 0 Å². The molecule has 1 fully saturated rings. The maximum Gasteiger partial charge on any atom is 0.163 e. The van der Waals surface area contributed by atoms with Crippen molar-refractivity contribution in [1.29, 1.82) is 0 Å². The summed E-state index contributed by atoms with van der Waals surface area (Å²) >= 11 is 1.78. The first-order chi connectivity index (χ1) is 10.7. The molecule has 1 aliphatic rings. The normalized spacial score (nSPS) is 21.0. The molecule has 0 amide bonds. The van der Waals surface area contributed by atoms with Crippen LogP contribution in [0.3, 0.4) is 0 Å². The summed E-state index contributed by atoms with van der Waals surface area (Å²) in [5.74, 6) is 0.321. The van der Waals surface area contributed by atoms with Crippen LogP contribution in [-0.4, -0.2) is 39.2 Å². The summed E-state index contributed by atoms with van der Waals surface area (Å²) in [6.07, 6.45) is 5.76. The van der Waals surface area contributed by atoms with Gasteiger partial charge in [-0.3, -0.25) is 0 Å². The van der Waals surface area contributed by atoms with Crippen LogP contribution in [0.15, 0.2) is 29.6 Å². The maximum atomic E-state index is 6.06. The van der Waals surface area contributed by atoms with Crippen LogP contribution < -0.4 is 4.74 Å². The zero-order valence-electron chi connectivity index (χ0n) is 14.3. The summed E-state index contributed by atoms with van der Waals surface area (Å²) in [5, 5.41) is 0. The number of hydrogen-bond donors (Lipinski definition) is 0. The first-order valence-corrected chi connectivity index (χ1v) is 8.64. The van der Waals surface area contributed by atoms with Gasteiger partial charge in [-0.15, -0.1) is 11.8 Å². The van der Waals surface area contributed by atoms with Gasteiger partial charge in [0, 0.05) is 29.4 Å². The van der Waals surface area contributed by atoms with Gasteiger partial charge in [0.15, 0.2) is 5.79 Å². The summed E-state index contributed by atoms with van der Waals surface area (Å²) in [7, 11) is 0. The molecule has 0 spiro atoms. The molecular formula is C17H24N2O3S. The van der Waals surface area contributed by atoms with E-state index in [1.807, 2.05) is 30.5 Å². The highest BCUT2D eigenvalue weighted by Gasteiger charge is 2.33. The minimum atomic E-state index is -0.524. The lowest BCUT2D eigenvalue weighted by Gasteiger charge is -2.21. The Morgan fingerprint density at radius 3 is 2.87 bits per heavy atom. The molecular weight excluding hydrogens is 312 g/mol. The predicted molar refractivity (Wildman–Crippen MR) is 91.2 cm³/mol. The fourth-order valence-electron chi connectivity index (χ4n) is 2.47. The van der Waals surface area contributed by atoms with Gasteiger partial charge in [0.1, 0.15) is 24.1 Å². The third-order valence-electron chi connectivity index (χ3n) is 3.37. The molecule has 1 saturated heterocycles. The number of imidazole rings is 1. The molecule has 0 N–H and O–H groups in total. The van der Waals surface area contributed by atoms with E-state index in [-0.39, 0.29) is 10.9 Å². The number of nitrogens with zero attached hydrogens (tertiary/aromatic N) is 2. The smallest absolute Gasteiger partial charge is 0.163 e. The van der Waals surface area contributed by atoms with E-state index in [4.69, 9.17) is 14.2 Å². The highest BCUT2D eigenvalue weighted by atomic mass is 32.2. The Labute approximate surface area is 141 Å². The Balaban J connectivity index is 1.79. The van der Waals surface area contributed by atoms with Crippen molar-refractivity contribution in [2.45, 2.75) is 56.2 Å². The fourth-order valence-corrected chi connectivity index (χ4v) is 3.52. The van der Waals surface area contributed by atoms with Crippen molar-refractivity contribution < 1.29 is 14.2 Å². The number of rotatable bonds is 4. The predicted octanol–water partition coefficient (Wildman–Crippen LogP) is 3.76. The Morgan fingerprint density at radius 1 is 1.43 bits per heavy atom. The summed E-state index contributed by atoms with van der Waals surface area (Å²) in [6, 6.07) is 1.98. The Hall–Kier alpha value is -1.24. The van der Waals surface area contributed by atoms with E-state index >= 15 is 0 Å². The summed E-state index contributed by atoms with van der Waals surface area (Å²) in [5.41, 5.74) is 0.877. The quantitative estimate of drug-likeness (QED) is 0.796. The molecule has 0 aliphatic carbocycles. The van der Waals surface area contributed by atoms with E-state index in [1.165, 1.54) is 0 Å². The number of fused-ring (bicyclic) bond motifs is 1. The number of ether oxygens (including phenoxy) is 3. The van der Waals surface area contributed by atoms with Crippen molar-refractivity contribution in [3.8, 4) is 5.75 Å². The lowest BCUT2D eigenvalue weighted by atomic mass is 10.3. The monoisotopic (exact) mass is 336 g/mol. The van der Waals surface area contributed by atoms with E-state index in [9.17, 15) is 0 Å². The molecule has 1 atom stereocenters. The molecule has 3 rings (SSSR count). The van der Waals surface area contributed by atoms with Crippen LogP contribution in [0.1, 0.15) is 34.6 Å². The largest absolute Gasteiger partial charge is 0.489 e. The van der Waals surface area contributed by atoms with Crippen LogP contribution in [0.4, 0.5) is 0 Å².